The predicted molar refractivity (Wildman–Crippen MR) is 140 cm³/mol. The van der Waals surface area contributed by atoms with Gasteiger partial charge in [0.05, 0.1) is 23.5 Å². The minimum absolute atomic E-state index is 0.0523. The molecule has 3 N–H and O–H groups in total. The van der Waals surface area contributed by atoms with Gasteiger partial charge in [-0.3, -0.25) is 14.8 Å². The van der Waals surface area contributed by atoms with E-state index in [4.69, 9.17) is 0 Å². The van der Waals surface area contributed by atoms with Crippen molar-refractivity contribution in [1.29, 1.82) is 0 Å². The van der Waals surface area contributed by atoms with Gasteiger partial charge in [-0.2, -0.15) is 11.8 Å². The van der Waals surface area contributed by atoms with Crippen molar-refractivity contribution in [2.75, 3.05) is 18.8 Å². The second-order valence-electron chi connectivity index (χ2n) is 8.60. The zero-order valence-electron chi connectivity index (χ0n) is 19.7. The van der Waals surface area contributed by atoms with E-state index in [1.54, 1.807) is 12.4 Å². The number of carbonyl (C=O) groups is 2. The normalized spacial score (nSPS) is 21.1. The Hall–Kier alpha value is -3.33. The first-order valence-corrected chi connectivity index (χ1v) is 13.1. The van der Waals surface area contributed by atoms with Crippen LogP contribution in [0, 0.1) is 0 Å². The first-order valence-electron chi connectivity index (χ1n) is 12.1. The quantitative estimate of drug-likeness (QED) is 0.311. The van der Waals surface area contributed by atoms with Crippen LogP contribution >= 0.6 is 11.8 Å². The lowest BCUT2D eigenvalue weighted by Gasteiger charge is -2.17. The van der Waals surface area contributed by atoms with E-state index < -0.39 is 0 Å². The van der Waals surface area contributed by atoms with Crippen LogP contribution in [0.5, 0.6) is 0 Å². The van der Waals surface area contributed by atoms with Gasteiger partial charge < -0.3 is 20.9 Å². The molecule has 0 unspecified atom stereocenters. The summed E-state index contributed by atoms with van der Waals surface area (Å²) in [4.78, 5) is 34.5. The summed E-state index contributed by atoms with van der Waals surface area (Å²) in [5.41, 5.74) is 1.74. The van der Waals surface area contributed by atoms with Crippen LogP contribution in [-0.4, -0.2) is 63.0 Å². The van der Waals surface area contributed by atoms with E-state index in [0.29, 0.717) is 24.8 Å². The van der Waals surface area contributed by atoms with Crippen LogP contribution in [0.25, 0.3) is 12.2 Å². The number of hydrogen-bond acceptors (Lipinski definition) is 6. The van der Waals surface area contributed by atoms with Crippen molar-refractivity contribution in [2.45, 2.75) is 43.0 Å². The highest BCUT2D eigenvalue weighted by atomic mass is 32.2. The van der Waals surface area contributed by atoms with Gasteiger partial charge in [0, 0.05) is 55.3 Å². The summed E-state index contributed by atoms with van der Waals surface area (Å²) >= 11 is 1.91. The number of rotatable bonds is 12. The molecule has 2 aliphatic heterocycles. The number of amides is 3. The topological polar surface area (TPSA) is 99.2 Å². The van der Waals surface area contributed by atoms with Crippen LogP contribution in [0.4, 0.5) is 4.79 Å². The molecule has 3 atom stereocenters. The van der Waals surface area contributed by atoms with Crippen molar-refractivity contribution < 1.29 is 9.59 Å². The molecule has 2 aliphatic rings. The van der Waals surface area contributed by atoms with Gasteiger partial charge in [0.15, 0.2) is 0 Å². The molecule has 2 saturated heterocycles. The maximum atomic E-state index is 12.3. The van der Waals surface area contributed by atoms with Crippen molar-refractivity contribution in [1.82, 2.24) is 30.8 Å². The molecule has 9 heteroatoms. The maximum Gasteiger partial charge on any atom is 0.315 e. The molecule has 0 spiro atoms. The van der Waals surface area contributed by atoms with Crippen molar-refractivity contribution in [3.8, 4) is 0 Å². The summed E-state index contributed by atoms with van der Waals surface area (Å²) in [6, 6.07) is 12.0. The fourth-order valence-electron chi connectivity index (χ4n) is 4.18. The summed E-state index contributed by atoms with van der Waals surface area (Å²) in [5.74, 6) is 1.04. The molecular formula is C26H32N6O2S. The smallest absolute Gasteiger partial charge is 0.315 e. The van der Waals surface area contributed by atoms with Crippen molar-refractivity contribution >= 4 is 35.9 Å². The highest BCUT2D eigenvalue weighted by Crippen LogP contribution is 2.33. The molecule has 35 heavy (non-hydrogen) atoms. The van der Waals surface area contributed by atoms with E-state index in [1.165, 1.54) is 0 Å². The van der Waals surface area contributed by atoms with Gasteiger partial charge in [-0.1, -0.05) is 18.6 Å². The summed E-state index contributed by atoms with van der Waals surface area (Å²) in [7, 11) is 0. The lowest BCUT2D eigenvalue weighted by molar-refractivity contribution is -0.121. The Kier molecular flexibility index (Phi) is 9.17. The Morgan fingerprint density at radius 2 is 1.77 bits per heavy atom. The molecule has 2 fully saturated rings. The average molecular weight is 493 g/mol. The van der Waals surface area contributed by atoms with Crippen LogP contribution in [-0.2, 0) is 4.79 Å². The number of nitrogens with one attached hydrogen (secondary N) is 3. The summed E-state index contributed by atoms with van der Waals surface area (Å²) in [6.07, 6.45) is 14.7. The number of unbranched alkanes of at least 4 members (excludes halogenated alkanes) is 1. The molecule has 8 nitrogen and oxygen atoms in total. The first-order chi connectivity index (χ1) is 17.2. The zero-order valence-corrected chi connectivity index (χ0v) is 20.5. The Morgan fingerprint density at radius 3 is 2.43 bits per heavy atom. The Morgan fingerprint density at radius 1 is 1.06 bits per heavy atom. The van der Waals surface area contributed by atoms with Crippen LogP contribution in [0.1, 0.15) is 37.1 Å². The van der Waals surface area contributed by atoms with Gasteiger partial charge in [0.2, 0.25) is 5.91 Å². The molecule has 0 saturated carbocycles. The molecule has 3 amide bonds. The lowest BCUT2D eigenvalue weighted by atomic mass is 10.0. The van der Waals surface area contributed by atoms with Crippen molar-refractivity contribution in [2.24, 2.45) is 0 Å². The third-order valence-electron chi connectivity index (χ3n) is 6.02. The highest BCUT2D eigenvalue weighted by Gasteiger charge is 2.42. The standard InChI is InChI=1S/C26H32N6O2S/c33-24(10-2-1-9-23-25-22(19-35-23)30-26(34)31-25)29-15-18-32(16-11-20-7-3-5-13-27-20)17-12-21-8-4-6-14-28-21/h3-8,11-14,16-17,22-23,25H,1-2,9-10,15,18-19H2,(H,29,33)(H2,30,31,34)/b16-11-,17-12-/t22-,23-,25-/m0/s1. The van der Waals surface area contributed by atoms with Gasteiger partial charge in [-0.15, -0.1) is 0 Å². The monoisotopic (exact) mass is 492 g/mol. The molecule has 0 radical (unpaired) electrons. The van der Waals surface area contributed by atoms with Gasteiger partial charge in [0.1, 0.15) is 0 Å². The molecule has 184 valence electrons. The second kappa shape index (κ2) is 12.9. The molecule has 2 aromatic rings. The summed E-state index contributed by atoms with van der Waals surface area (Å²) in [6.45, 7) is 1.17. The van der Waals surface area contributed by atoms with Crippen LogP contribution in [0.15, 0.2) is 61.2 Å². The minimum atomic E-state index is -0.0523. The Labute approximate surface area is 210 Å². The van der Waals surface area contributed by atoms with E-state index >= 15 is 0 Å². The Balaban J connectivity index is 1.18. The predicted octanol–water partition coefficient (Wildman–Crippen LogP) is 3.26. The number of pyridine rings is 2. The minimum Gasteiger partial charge on any atom is -0.354 e. The molecule has 0 aromatic carbocycles. The zero-order chi connectivity index (χ0) is 24.3. The van der Waals surface area contributed by atoms with E-state index in [1.807, 2.05) is 77.6 Å². The van der Waals surface area contributed by atoms with Crippen LogP contribution < -0.4 is 16.0 Å². The summed E-state index contributed by atoms with van der Waals surface area (Å²) in [5, 5.41) is 9.46. The number of carbonyl (C=O) groups excluding carboxylic acids is 2. The van der Waals surface area contributed by atoms with E-state index in [2.05, 4.69) is 25.9 Å². The SMILES string of the molecule is O=C(CCCC[C@@H]1SC[C@@H]2NC(=O)N[C@@H]21)NCCN(/C=C\c1ccccn1)/C=C\c1ccccn1. The molecule has 4 heterocycles. The Bertz CT molecular complexity index is 968. The number of nitrogens with zero attached hydrogens (tertiary/aromatic N) is 3. The van der Waals surface area contributed by atoms with Gasteiger partial charge in [-0.05, 0) is 49.3 Å². The third-order valence-corrected chi connectivity index (χ3v) is 7.53. The van der Waals surface area contributed by atoms with Crippen molar-refractivity contribution in [3.05, 3.63) is 72.6 Å². The van der Waals surface area contributed by atoms with Gasteiger partial charge >= 0.3 is 6.03 Å². The number of thioether (sulfide) groups is 1. The molecular weight excluding hydrogens is 460 g/mol. The van der Waals surface area contributed by atoms with E-state index in [9.17, 15) is 9.59 Å². The average Bonchev–Trinajstić information content (AvgIpc) is 3.43. The fourth-order valence-corrected chi connectivity index (χ4v) is 5.72. The number of urea groups is 1. The summed E-state index contributed by atoms with van der Waals surface area (Å²) < 4.78 is 0. The molecule has 4 rings (SSSR count). The molecule has 0 aliphatic carbocycles. The highest BCUT2D eigenvalue weighted by molar-refractivity contribution is 8.00. The van der Waals surface area contributed by atoms with Crippen LogP contribution in [0.3, 0.4) is 0 Å². The van der Waals surface area contributed by atoms with Gasteiger partial charge in [0.25, 0.3) is 0 Å². The van der Waals surface area contributed by atoms with E-state index in [-0.39, 0.29) is 24.0 Å². The second-order valence-corrected chi connectivity index (χ2v) is 9.87. The number of hydrogen-bond donors (Lipinski definition) is 3. The van der Waals surface area contributed by atoms with E-state index in [0.717, 1.165) is 36.4 Å². The third kappa shape index (κ3) is 7.85. The maximum absolute atomic E-state index is 12.3. The fraction of sp³-hybridized carbons (Fsp3) is 0.385. The molecule has 2 aromatic heterocycles. The van der Waals surface area contributed by atoms with Crippen molar-refractivity contribution in [3.63, 3.8) is 0 Å². The number of aromatic nitrogens is 2. The first kappa shape index (κ1) is 24.8. The number of fused-ring (bicyclic) bond motifs is 1. The lowest BCUT2D eigenvalue weighted by Crippen LogP contribution is -2.36. The molecule has 0 bridgehead atoms. The largest absolute Gasteiger partial charge is 0.354 e. The van der Waals surface area contributed by atoms with Crippen LogP contribution in [0.2, 0.25) is 0 Å². The van der Waals surface area contributed by atoms with Gasteiger partial charge in [-0.25, -0.2) is 4.79 Å².